The van der Waals surface area contributed by atoms with Gasteiger partial charge in [-0.2, -0.15) is 0 Å². The zero-order valence-corrected chi connectivity index (χ0v) is 9.43. The Balaban J connectivity index is 3.76. The van der Waals surface area contributed by atoms with Crippen molar-refractivity contribution in [2.24, 2.45) is 0 Å². The number of carbonyl (C=O) groups is 2. The minimum atomic E-state index is -0.130. The Bertz CT molecular complexity index is 197. The maximum absolute atomic E-state index is 11.3. The first-order valence-corrected chi connectivity index (χ1v) is 5.21. The molecule has 0 aliphatic heterocycles. The second-order valence-electron chi connectivity index (χ2n) is 3.00. The van der Waals surface area contributed by atoms with Crippen LogP contribution in [0.1, 0.15) is 19.8 Å². The summed E-state index contributed by atoms with van der Waals surface area (Å²) in [5.74, 6) is 0.298. The van der Waals surface area contributed by atoms with Gasteiger partial charge in [-0.3, -0.25) is 9.59 Å². The van der Waals surface area contributed by atoms with Crippen LogP contribution in [0.15, 0.2) is 0 Å². The van der Waals surface area contributed by atoms with Crippen LogP contribution in [-0.4, -0.2) is 42.7 Å². The molecule has 0 bridgehead atoms. The van der Waals surface area contributed by atoms with Gasteiger partial charge >= 0.3 is 0 Å². The van der Waals surface area contributed by atoms with Gasteiger partial charge in [0.25, 0.3) is 0 Å². The lowest BCUT2D eigenvalue weighted by atomic mass is 10.3. The Labute approximate surface area is 89.6 Å². The van der Waals surface area contributed by atoms with Gasteiger partial charge in [-0.05, 0) is 13.3 Å². The molecule has 0 aromatic heterocycles. The molecule has 0 heterocycles. The van der Waals surface area contributed by atoms with E-state index in [4.69, 9.17) is 11.6 Å². The molecule has 0 aliphatic rings. The number of hydrogen-bond acceptors (Lipinski definition) is 2. The van der Waals surface area contributed by atoms with E-state index in [-0.39, 0.29) is 18.4 Å². The third-order valence-electron chi connectivity index (χ3n) is 1.70. The van der Waals surface area contributed by atoms with Crippen LogP contribution >= 0.6 is 11.6 Å². The summed E-state index contributed by atoms with van der Waals surface area (Å²) in [6.07, 6.45) is 1.06. The van der Waals surface area contributed by atoms with E-state index in [1.807, 2.05) is 6.92 Å². The first-order chi connectivity index (χ1) is 6.61. The Kier molecular flexibility index (Phi) is 7.20. The summed E-state index contributed by atoms with van der Waals surface area (Å²) in [7, 11) is 1.62. The maximum Gasteiger partial charge on any atom is 0.239 e. The average Bonchev–Trinajstić information content (AvgIpc) is 2.14. The molecule has 14 heavy (non-hydrogen) atoms. The molecule has 0 saturated carbocycles. The van der Waals surface area contributed by atoms with Gasteiger partial charge < -0.3 is 10.2 Å². The highest BCUT2D eigenvalue weighted by molar-refractivity contribution is 6.17. The van der Waals surface area contributed by atoms with E-state index in [2.05, 4.69) is 5.32 Å². The Morgan fingerprint density at radius 1 is 1.43 bits per heavy atom. The topological polar surface area (TPSA) is 49.4 Å². The van der Waals surface area contributed by atoms with Gasteiger partial charge in [-0.1, -0.05) is 0 Å². The van der Waals surface area contributed by atoms with Gasteiger partial charge in [-0.25, -0.2) is 0 Å². The predicted molar refractivity (Wildman–Crippen MR) is 56.3 cm³/mol. The molecule has 0 aliphatic carbocycles. The third kappa shape index (κ3) is 5.80. The number of rotatable bonds is 6. The number of carbonyl (C=O) groups excluding carboxylic acids is 2. The van der Waals surface area contributed by atoms with Gasteiger partial charge in [0.05, 0.1) is 6.54 Å². The van der Waals surface area contributed by atoms with Crippen LogP contribution < -0.4 is 5.32 Å². The van der Waals surface area contributed by atoms with E-state index in [1.165, 1.54) is 4.90 Å². The van der Waals surface area contributed by atoms with E-state index >= 15 is 0 Å². The van der Waals surface area contributed by atoms with Crippen LogP contribution in [0, 0.1) is 0 Å². The summed E-state index contributed by atoms with van der Waals surface area (Å²) in [6, 6.07) is 0. The van der Waals surface area contributed by atoms with Crippen molar-refractivity contribution in [2.75, 3.05) is 26.0 Å². The summed E-state index contributed by atoms with van der Waals surface area (Å²) in [6.45, 7) is 2.55. The highest BCUT2D eigenvalue weighted by Gasteiger charge is 2.11. The fraction of sp³-hybridized carbons (Fsp3) is 0.778. The lowest BCUT2D eigenvalue weighted by Gasteiger charge is -2.15. The molecule has 0 atom stereocenters. The molecule has 1 N–H and O–H groups in total. The molecule has 0 aromatic rings. The van der Waals surface area contributed by atoms with Crippen LogP contribution in [0.4, 0.5) is 0 Å². The van der Waals surface area contributed by atoms with Crippen molar-refractivity contribution in [3.05, 3.63) is 0 Å². The van der Waals surface area contributed by atoms with Gasteiger partial charge in [0.1, 0.15) is 0 Å². The largest absolute Gasteiger partial charge is 0.355 e. The van der Waals surface area contributed by atoms with Gasteiger partial charge in [0.2, 0.25) is 11.8 Å². The number of likely N-dealkylation sites (N-methyl/N-ethyl adjacent to an activating group) is 2. The molecule has 0 fully saturated rings. The van der Waals surface area contributed by atoms with Crippen LogP contribution in [0.5, 0.6) is 0 Å². The third-order valence-corrected chi connectivity index (χ3v) is 1.97. The van der Waals surface area contributed by atoms with Crippen molar-refractivity contribution >= 4 is 23.4 Å². The number of alkyl halides is 1. The second kappa shape index (κ2) is 7.62. The monoisotopic (exact) mass is 220 g/mol. The Morgan fingerprint density at radius 2 is 2.07 bits per heavy atom. The second-order valence-corrected chi connectivity index (χ2v) is 3.37. The molecule has 0 radical (unpaired) electrons. The van der Waals surface area contributed by atoms with E-state index in [0.717, 1.165) is 0 Å². The predicted octanol–water partition coefficient (Wildman–Crippen LogP) is 0.600. The van der Waals surface area contributed by atoms with Crippen LogP contribution in [0.3, 0.4) is 0 Å². The van der Waals surface area contributed by atoms with Crippen molar-refractivity contribution < 1.29 is 9.59 Å². The van der Waals surface area contributed by atoms with Crippen LogP contribution in [0.25, 0.3) is 0 Å². The zero-order chi connectivity index (χ0) is 11.0. The lowest BCUT2D eigenvalue weighted by Crippen LogP contribution is -2.38. The molecule has 0 rings (SSSR count). The molecule has 0 spiro atoms. The van der Waals surface area contributed by atoms with Gasteiger partial charge in [0, 0.05) is 25.9 Å². The summed E-state index contributed by atoms with van der Waals surface area (Å²) in [4.78, 5) is 23.8. The SMILES string of the molecule is CCNC(=O)CN(C)C(=O)CCCCl. The normalized spacial score (nSPS) is 9.64. The van der Waals surface area contributed by atoms with E-state index in [9.17, 15) is 9.59 Å². The molecule has 0 unspecified atom stereocenters. The Hall–Kier alpha value is -0.770. The smallest absolute Gasteiger partial charge is 0.239 e. The fourth-order valence-corrected chi connectivity index (χ4v) is 1.10. The average molecular weight is 221 g/mol. The Morgan fingerprint density at radius 3 is 2.57 bits per heavy atom. The maximum atomic E-state index is 11.3. The fourth-order valence-electron chi connectivity index (χ4n) is 0.966. The molecular weight excluding hydrogens is 204 g/mol. The van der Waals surface area contributed by atoms with Crippen molar-refractivity contribution in [1.82, 2.24) is 10.2 Å². The minimum absolute atomic E-state index is 0.0445. The highest BCUT2D eigenvalue weighted by atomic mass is 35.5. The summed E-state index contributed by atoms with van der Waals surface area (Å²) in [5.41, 5.74) is 0. The standard InChI is InChI=1S/C9H17ClN2O2/c1-3-11-8(13)7-12(2)9(14)5-4-6-10/h3-7H2,1-2H3,(H,11,13). The molecule has 4 nitrogen and oxygen atoms in total. The summed E-state index contributed by atoms with van der Waals surface area (Å²) < 4.78 is 0. The lowest BCUT2D eigenvalue weighted by molar-refractivity contribution is -0.134. The van der Waals surface area contributed by atoms with Gasteiger partial charge in [0.15, 0.2) is 0 Å². The van der Waals surface area contributed by atoms with E-state index in [1.54, 1.807) is 7.05 Å². The molecule has 5 heteroatoms. The van der Waals surface area contributed by atoms with Crippen molar-refractivity contribution in [1.29, 1.82) is 0 Å². The van der Waals surface area contributed by atoms with Crippen molar-refractivity contribution in [3.63, 3.8) is 0 Å². The zero-order valence-electron chi connectivity index (χ0n) is 8.68. The van der Waals surface area contributed by atoms with Crippen molar-refractivity contribution in [3.8, 4) is 0 Å². The van der Waals surface area contributed by atoms with Crippen LogP contribution in [0.2, 0.25) is 0 Å². The molecule has 0 saturated heterocycles. The molecule has 82 valence electrons. The highest BCUT2D eigenvalue weighted by Crippen LogP contribution is 1.96. The quantitative estimate of drug-likeness (QED) is 0.667. The van der Waals surface area contributed by atoms with Crippen molar-refractivity contribution in [2.45, 2.75) is 19.8 Å². The number of hydrogen-bond donors (Lipinski definition) is 1. The number of nitrogens with zero attached hydrogens (tertiary/aromatic N) is 1. The molecular formula is C9H17ClN2O2. The van der Waals surface area contributed by atoms with E-state index < -0.39 is 0 Å². The summed E-state index contributed by atoms with van der Waals surface area (Å²) in [5, 5.41) is 2.63. The molecule has 2 amide bonds. The van der Waals surface area contributed by atoms with Gasteiger partial charge in [-0.15, -0.1) is 11.6 Å². The van der Waals surface area contributed by atoms with Crippen LogP contribution in [-0.2, 0) is 9.59 Å². The minimum Gasteiger partial charge on any atom is -0.355 e. The molecule has 0 aromatic carbocycles. The first-order valence-electron chi connectivity index (χ1n) is 4.68. The van der Waals surface area contributed by atoms with E-state index in [0.29, 0.717) is 25.3 Å². The number of halogens is 1. The first kappa shape index (κ1) is 13.2. The number of amides is 2. The summed E-state index contributed by atoms with van der Waals surface area (Å²) >= 11 is 5.46. The number of nitrogens with one attached hydrogen (secondary N) is 1.